The lowest BCUT2D eigenvalue weighted by Crippen LogP contribution is -2.39. The number of imidazole rings is 1. The molecular formula is C27H32F2N4O5. The van der Waals surface area contributed by atoms with Gasteiger partial charge in [-0.15, -0.1) is 0 Å². The van der Waals surface area contributed by atoms with Gasteiger partial charge in [-0.05, 0) is 56.8 Å². The maximum atomic E-state index is 13.3. The molecule has 11 heteroatoms. The van der Waals surface area contributed by atoms with Crippen molar-refractivity contribution in [1.82, 2.24) is 19.6 Å². The number of carbonyl (C=O) groups is 1. The largest absolute Gasteiger partial charge is 0.496 e. The van der Waals surface area contributed by atoms with Crippen molar-refractivity contribution in [3.8, 4) is 28.5 Å². The number of halogens is 2. The summed E-state index contributed by atoms with van der Waals surface area (Å²) in [5.41, 5.74) is 1.67. The number of nitrogens with zero attached hydrogens (tertiary/aromatic N) is 3. The standard InChI is InChI=1S/C27H32F2N4O5/c1-36-22-12-17(13-23(38-27(28)29)25(22)26(35)31-18-5-6-18)21-15-30-24-14-20(7-10-33(21)24)37-11-3-9-32-8-2-4-19(34)16-32/h7,10,12-15,18-19,27,34H,2-6,8-9,11,16H2,1H3,(H,31,35). The van der Waals surface area contributed by atoms with E-state index in [9.17, 15) is 18.7 Å². The van der Waals surface area contributed by atoms with Crippen molar-refractivity contribution < 1.29 is 32.9 Å². The van der Waals surface area contributed by atoms with Gasteiger partial charge < -0.3 is 29.5 Å². The Morgan fingerprint density at radius 1 is 1.24 bits per heavy atom. The van der Waals surface area contributed by atoms with Crippen molar-refractivity contribution in [2.75, 3.05) is 33.4 Å². The number of amides is 1. The monoisotopic (exact) mass is 530 g/mol. The lowest BCUT2D eigenvalue weighted by atomic mass is 10.1. The minimum absolute atomic E-state index is 0.0409. The van der Waals surface area contributed by atoms with Crippen LogP contribution in [-0.2, 0) is 0 Å². The second kappa shape index (κ2) is 11.5. The second-order valence-electron chi connectivity index (χ2n) is 9.71. The number of β-amino-alcohol motifs (C(OH)–C–C–N with tert-alkyl or cyclic N) is 1. The van der Waals surface area contributed by atoms with Crippen LogP contribution >= 0.6 is 0 Å². The van der Waals surface area contributed by atoms with E-state index in [1.807, 2.05) is 6.07 Å². The molecule has 1 aliphatic heterocycles. The third-order valence-electron chi connectivity index (χ3n) is 6.79. The van der Waals surface area contributed by atoms with Crippen molar-refractivity contribution in [2.24, 2.45) is 0 Å². The number of aromatic nitrogens is 2. The average Bonchev–Trinajstić information content (AvgIpc) is 3.60. The van der Waals surface area contributed by atoms with Gasteiger partial charge in [0.15, 0.2) is 0 Å². The highest BCUT2D eigenvalue weighted by Gasteiger charge is 2.29. The Bertz CT molecular complexity index is 1280. The molecule has 1 amide bonds. The molecule has 1 saturated heterocycles. The zero-order valence-electron chi connectivity index (χ0n) is 21.2. The van der Waals surface area contributed by atoms with Crippen molar-refractivity contribution in [2.45, 2.75) is 50.9 Å². The summed E-state index contributed by atoms with van der Waals surface area (Å²) in [6.07, 6.45) is 7.60. The molecule has 5 rings (SSSR count). The molecule has 2 fully saturated rings. The van der Waals surface area contributed by atoms with E-state index in [4.69, 9.17) is 14.2 Å². The Morgan fingerprint density at radius 3 is 2.79 bits per heavy atom. The molecule has 3 aromatic rings. The highest BCUT2D eigenvalue weighted by molar-refractivity contribution is 6.01. The van der Waals surface area contributed by atoms with Crippen LogP contribution in [0.25, 0.3) is 16.9 Å². The molecule has 3 heterocycles. The summed E-state index contributed by atoms with van der Waals surface area (Å²) in [6, 6.07) is 6.68. The average molecular weight is 531 g/mol. The van der Waals surface area contributed by atoms with Gasteiger partial charge in [-0.2, -0.15) is 8.78 Å². The summed E-state index contributed by atoms with van der Waals surface area (Å²) >= 11 is 0. The van der Waals surface area contributed by atoms with Gasteiger partial charge in [-0.3, -0.25) is 9.20 Å². The quantitative estimate of drug-likeness (QED) is 0.365. The molecule has 2 N–H and O–H groups in total. The van der Waals surface area contributed by atoms with Gasteiger partial charge in [0.2, 0.25) is 0 Å². The van der Waals surface area contributed by atoms with E-state index in [1.54, 1.807) is 28.9 Å². The predicted octanol–water partition coefficient (Wildman–Crippen LogP) is 3.73. The van der Waals surface area contributed by atoms with Crippen molar-refractivity contribution in [3.63, 3.8) is 0 Å². The minimum atomic E-state index is -3.11. The van der Waals surface area contributed by atoms with E-state index in [-0.39, 0.29) is 29.2 Å². The van der Waals surface area contributed by atoms with Gasteiger partial charge in [0.05, 0.1) is 31.7 Å². The molecule has 1 unspecified atom stereocenters. The molecule has 1 atom stereocenters. The number of likely N-dealkylation sites (tertiary alicyclic amines) is 1. The number of aliphatic hydroxyl groups is 1. The van der Waals surface area contributed by atoms with Gasteiger partial charge in [-0.25, -0.2) is 4.98 Å². The molecular weight excluding hydrogens is 498 g/mol. The number of benzene rings is 1. The first-order valence-corrected chi connectivity index (χ1v) is 12.9. The molecule has 1 saturated carbocycles. The van der Waals surface area contributed by atoms with Gasteiger partial charge >= 0.3 is 6.61 Å². The summed E-state index contributed by atoms with van der Waals surface area (Å²) in [7, 11) is 1.38. The molecule has 204 valence electrons. The normalized spacial score (nSPS) is 18.1. The number of carbonyl (C=O) groups excluding carboxylic acids is 1. The Labute approximate surface area is 219 Å². The van der Waals surface area contributed by atoms with Gasteiger partial charge in [0.1, 0.15) is 28.5 Å². The van der Waals surface area contributed by atoms with Gasteiger partial charge in [-0.1, -0.05) is 0 Å². The SMILES string of the molecule is COc1cc(-c2cnc3cc(OCCCN4CCCC(O)C4)ccn23)cc(OC(F)F)c1C(=O)NC1CC1. The van der Waals surface area contributed by atoms with E-state index in [1.165, 1.54) is 13.2 Å². The number of rotatable bonds is 11. The van der Waals surface area contributed by atoms with Crippen LogP contribution < -0.4 is 19.5 Å². The van der Waals surface area contributed by atoms with Crippen LogP contribution in [0.1, 0.15) is 42.5 Å². The Hall–Kier alpha value is -3.44. The fourth-order valence-corrected chi connectivity index (χ4v) is 4.77. The molecule has 0 spiro atoms. The number of aliphatic hydroxyl groups excluding tert-OH is 1. The van der Waals surface area contributed by atoms with E-state index in [0.29, 0.717) is 35.8 Å². The second-order valence-corrected chi connectivity index (χ2v) is 9.71. The molecule has 1 aromatic carbocycles. The minimum Gasteiger partial charge on any atom is -0.496 e. The van der Waals surface area contributed by atoms with Crippen molar-refractivity contribution in [1.29, 1.82) is 0 Å². The number of pyridine rings is 1. The first kappa shape index (κ1) is 26.2. The number of hydrogen-bond acceptors (Lipinski definition) is 7. The third-order valence-corrected chi connectivity index (χ3v) is 6.79. The molecule has 38 heavy (non-hydrogen) atoms. The number of nitrogens with one attached hydrogen (secondary N) is 1. The smallest absolute Gasteiger partial charge is 0.387 e. The van der Waals surface area contributed by atoms with Crippen LogP contribution in [0.4, 0.5) is 8.78 Å². The van der Waals surface area contributed by atoms with E-state index < -0.39 is 12.5 Å². The van der Waals surface area contributed by atoms with Gasteiger partial charge in [0.25, 0.3) is 5.91 Å². The molecule has 1 aliphatic carbocycles. The fraction of sp³-hybridized carbons (Fsp3) is 0.481. The van der Waals surface area contributed by atoms with Crippen molar-refractivity contribution in [3.05, 3.63) is 42.2 Å². The zero-order chi connectivity index (χ0) is 26.6. The third kappa shape index (κ3) is 6.16. The highest BCUT2D eigenvalue weighted by atomic mass is 19.3. The van der Waals surface area contributed by atoms with E-state index in [0.717, 1.165) is 45.2 Å². The summed E-state index contributed by atoms with van der Waals surface area (Å²) < 4.78 is 44.4. The Balaban J connectivity index is 1.33. The van der Waals surface area contributed by atoms with E-state index >= 15 is 0 Å². The van der Waals surface area contributed by atoms with Crippen LogP contribution in [0, 0.1) is 0 Å². The summed E-state index contributed by atoms with van der Waals surface area (Å²) in [4.78, 5) is 19.5. The van der Waals surface area contributed by atoms with Gasteiger partial charge in [0, 0.05) is 37.0 Å². The molecule has 2 aromatic heterocycles. The molecule has 2 aliphatic rings. The van der Waals surface area contributed by atoms with Crippen LogP contribution in [0.3, 0.4) is 0 Å². The summed E-state index contributed by atoms with van der Waals surface area (Å²) in [5, 5.41) is 12.6. The maximum Gasteiger partial charge on any atom is 0.387 e. The van der Waals surface area contributed by atoms with Crippen LogP contribution in [0.15, 0.2) is 36.7 Å². The Kier molecular flexibility index (Phi) is 7.94. The Morgan fingerprint density at radius 2 is 2.05 bits per heavy atom. The number of methoxy groups -OCH3 is 1. The first-order valence-electron chi connectivity index (χ1n) is 12.9. The molecule has 9 nitrogen and oxygen atoms in total. The fourth-order valence-electron chi connectivity index (χ4n) is 4.77. The maximum absolute atomic E-state index is 13.3. The predicted molar refractivity (Wildman–Crippen MR) is 136 cm³/mol. The topological polar surface area (TPSA) is 97.6 Å². The van der Waals surface area contributed by atoms with Crippen LogP contribution in [-0.4, -0.2) is 77.4 Å². The summed E-state index contributed by atoms with van der Waals surface area (Å²) in [6.45, 7) is 0.00729. The lowest BCUT2D eigenvalue weighted by molar-refractivity contribution is -0.0502. The van der Waals surface area contributed by atoms with E-state index in [2.05, 4.69) is 15.2 Å². The molecule has 0 bridgehead atoms. The number of ether oxygens (including phenoxy) is 3. The highest BCUT2D eigenvalue weighted by Crippen LogP contribution is 2.37. The molecule has 0 radical (unpaired) electrons. The number of fused-ring (bicyclic) bond motifs is 1. The lowest BCUT2D eigenvalue weighted by Gasteiger charge is -2.29. The number of piperidine rings is 1. The van der Waals surface area contributed by atoms with Crippen LogP contribution in [0.2, 0.25) is 0 Å². The number of alkyl halides is 2. The first-order chi connectivity index (χ1) is 18.4. The summed E-state index contributed by atoms with van der Waals surface area (Å²) in [5.74, 6) is 0.0266. The zero-order valence-corrected chi connectivity index (χ0v) is 21.2. The number of hydrogen-bond donors (Lipinski definition) is 2. The van der Waals surface area contributed by atoms with Crippen LogP contribution in [0.5, 0.6) is 17.2 Å². The van der Waals surface area contributed by atoms with Crippen molar-refractivity contribution >= 4 is 11.6 Å².